The molecule has 2 N–H and O–H groups in total. The molecule has 3 heterocycles. The fraction of sp³-hybridized carbons (Fsp3) is 0.400. The van der Waals surface area contributed by atoms with Crippen LogP contribution in [0.25, 0.3) is 16.6 Å². The zero-order valence-corrected chi connectivity index (χ0v) is 16.5. The number of likely N-dealkylation sites (tertiary alicyclic amines) is 1. The van der Waals surface area contributed by atoms with Gasteiger partial charge in [0.05, 0.1) is 16.9 Å². The predicted molar refractivity (Wildman–Crippen MR) is 109 cm³/mol. The zero-order chi connectivity index (χ0) is 18.5. The molecule has 0 bridgehead atoms. The Labute approximate surface area is 169 Å². The van der Waals surface area contributed by atoms with Crippen LogP contribution in [0, 0.1) is 18.8 Å². The molecule has 5 rings (SSSR count). The molecular formula is C20H23ClN6O. The van der Waals surface area contributed by atoms with Crippen LogP contribution < -0.4 is 5.73 Å². The number of rotatable bonds is 2. The average molecular weight is 399 g/mol. The minimum absolute atomic E-state index is 0. The van der Waals surface area contributed by atoms with Crippen molar-refractivity contribution in [2.45, 2.75) is 25.8 Å². The molecule has 2 aliphatic rings. The predicted octanol–water partition coefficient (Wildman–Crippen LogP) is 2.36. The molecule has 1 aromatic carbocycles. The smallest absolute Gasteiger partial charge is 0.276 e. The fourth-order valence-electron chi connectivity index (χ4n) is 4.59. The average Bonchev–Trinajstić information content (AvgIpc) is 3.37. The molecule has 0 spiro atoms. The quantitative estimate of drug-likeness (QED) is 0.715. The van der Waals surface area contributed by atoms with E-state index in [1.54, 1.807) is 10.9 Å². The molecule has 8 heteroatoms. The Balaban J connectivity index is 0.00000192. The molecule has 28 heavy (non-hydrogen) atoms. The van der Waals surface area contributed by atoms with Crippen molar-refractivity contribution in [1.29, 1.82) is 0 Å². The van der Waals surface area contributed by atoms with E-state index in [2.05, 4.69) is 15.3 Å². The van der Waals surface area contributed by atoms with Gasteiger partial charge in [-0.15, -0.1) is 17.5 Å². The Morgan fingerprint density at radius 1 is 1.21 bits per heavy atom. The number of aromatic nitrogens is 4. The highest BCUT2D eigenvalue weighted by atomic mass is 35.5. The topological polar surface area (TPSA) is 89.9 Å². The van der Waals surface area contributed by atoms with Crippen LogP contribution >= 0.6 is 12.4 Å². The number of hydrogen-bond donors (Lipinski definition) is 1. The maximum Gasteiger partial charge on any atom is 0.276 e. The van der Waals surface area contributed by atoms with Crippen LogP contribution in [0.15, 0.2) is 36.5 Å². The van der Waals surface area contributed by atoms with Crippen LogP contribution in [0.4, 0.5) is 0 Å². The van der Waals surface area contributed by atoms with Gasteiger partial charge in [-0.25, -0.2) is 4.68 Å². The second kappa shape index (κ2) is 7.14. The Bertz CT molecular complexity index is 1030. The van der Waals surface area contributed by atoms with Gasteiger partial charge in [0, 0.05) is 30.7 Å². The summed E-state index contributed by atoms with van der Waals surface area (Å²) in [6.07, 6.45) is 3.96. The summed E-state index contributed by atoms with van der Waals surface area (Å²) < 4.78 is 1.72. The van der Waals surface area contributed by atoms with Crippen LogP contribution in [0.3, 0.4) is 0 Å². The summed E-state index contributed by atoms with van der Waals surface area (Å²) >= 11 is 0. The Kier molecular flexibility index (Phi) is 4.81. The highest BCUT2D eigenvalue weighted by Gasteiger charge is 2.43. The molecule has 2 aromatic heterocycles. The van der Waals surface area contributed by atoms with Gasteiger partial charge in [-0.05, 0) is 55.9 Å². The number of carbonyl (C=O) groups is 1. The monoisotopic (exact) mass is 398 g/mol. The minimum atomic E-state index is -0.0391. The lowest BCUT2D eigenvalue weighted by molar-refractivity contribution is 0.0773. The summed E-state index contributed by atoms with van der Waals surface area (Å²) in [7, 11) is 0. The SMILES string of the molecule is Cc1c(C(=O)N2CC3CCC(N)C3C2)nnn1-c1ccc2ncccc2c1.Cl. The minimum Gasteiger partial charge on any atom is -0.337 e. The molecule has 3 aromatic rings. The summed E-state index contributed by atoms with van der Waals surface area (Å²) in [6.45, 7) is 3.41. The van der Waals surface area contributed by atoms with Crippen LogP contribution in [0.5, 0.6) is 0 Å². The van der Waals surface area contributed by atoms with Crippen LogP contribution in [-0.2, 0) is 0 Å². The Hall–Kier alpha value is -2.51. The van der Waals surface area contributed by atoms with Gasteiger partial charge < -0.3 is 10.6 Å². The van der Waals surface area contributed by atoms with Gasteiger partial charge in [0.25, 0.3) is 5.91 Å². The molecule has 2 fully saturated rings. The van der Waals surface area contributed by atoms with Crippen molar-refractivity contribution < 1.29 is 4.79 Å². The van der Waals surface area contributed by atoms with Crippen molar-refractivity contribution in [2.24, 2.45) is 17.6 Å². The largest absolute Gasteiger partial charge is 0.337 e. The maximum atomic E-state index is 13.0. The summed E-state index contributed by atoms with van der Waals surface area (Å²) in [5.41, 5.74) is 9.18. The lowest BCUT2D eigenvalue weighted by Crippen LogP contribution is -2.34. The third-order valence-corrected chi connectivity index (χ3v) is 6.13. The van der Waals surface area contributed by atoms with E-state index in [9.17, 15) is 4.79 Å². The molecule has 7 nitrogen and oxygen atoms in total. The van der Waals surface area contributed by atoms with Crippen molar-refractivity contribution >= 4 is 29.2 Å². The number of nitrogens with two attached hydrogens (primary N) is 1. The highest BCUT2D eigenvalue weighted by molar-refractivity contribution is 5.93. The van der Waals surface area contributed by atoms with E-state index in [0.717, 1.165) is 48.2 Å². The first-order chi connectivity index (χ1) is 13.1. The fourth-order valence-corrected chi connectivity index (χ4v) is 4.59. The van der Waals surface area contributed by atoms with Gasteiger partial charge in [0.2, 0.25) is 0 Å². The van der Waals surface area contributed by atoms with E-state index in [0.29, 0.717) is 17.5 Å². The van der Waals surface area contributed by atoms with Gasteiger partial charge in [0.1, 0.15) is 0 Å². The van der Waals surface area contributed by atoms with Crippen molar-refractivity contribution in [1.82, 2.24) is 24.9 Å². The highest BCUT2D eigenvalue weighted by Crippen LogP contribution is 2.37. The van der Waals surface area contributed by atoms with Gasteiger partial charge in [-0.3, -0.25) is 9.78 Å². The van der Waals surface area contributed by atoms with E-state index in [1.165, 1.54) is 0 Å². The lowest BCUT2D eigenvalue weighted by atomic mass is 9.98. The van der Waals surface area contributed by atoms with Crippen LogP contribution in [0.2, 0.25) is 0 Å². The molecule has 1 aliphatic carbocycles. The number of hydrogen-bond acceptors (Lipinski definition) is 5. The van der Waals surface area contributed by atoms with Gasteiger partial charge in [0.15, 0.2) is 5.69 Å². The molecule has 3 unspecified atom stereocenters. The van der Waals surface area contributed by atoms with E-state index in [4.69, 9.17) is 5.73 Å². The Morgan fingerprint density at radius 2 is 2.07 bits per heavy atom. The summed E-state index contributed by atoms with van der Waals surface area (Å²) in [6, 6.07) is 10.1. The first-order valence-electron chi connectivity index (χ1n) is 9.44. The molecule has 146 valence electrons. The van der Waals surface area contributed by atoms with Gasteiger partial charge >= 0.3 is 0 Å². The number of amides is 1. The molecule has 1 saturated carbocycles. The second-order valence-corrected chi connectivity index (χ2v) is 7.69. The number of fused-ring (bicyclic) bond motifs is 2. The molecule has 1 saturated heterocycles. The van der Waals surface area contributed by atoms with Gasteiger partial charge in [-0.1, -0.05) is 11.3 Å². The molecule has 3 atom stereocenters. The normalized spacial score (nSPS) is 23.6. The standard InChI is InChI=1S/C20H22N6O.ClH/c1-12-19(20(27)25-10-14-4-6-17(21)16(14)11-25)23-24-26(12)15-5-7-18-13(9-15)3-2-8-22-18;/h2-3,5,7-9,14,16-17H,4,6,10-11,21H2,1H3;1H. The van der Waals surface area contributed by atoms with Crippen molar-refractivity contribution in [3.8, 4) is 5.69 Å². The third kappa shape index (κ3) is 2.95. The number of carbonyl (C=O) groups excluding carboxylic acids is 1. The molecular weight excluding hydrogens is 376 g/mol. The van der Waals surface area contributed by atoms with E-state index in [1.807, 2.05) is 42.2 Å². The lowest BCUT2D eigenvalue weighted by Gasteiger charge is -2.17. The maximum absolute atomic E-state index is 13.0. The second-order valence-electron chi connectivity index (χ2n) is 7.69. The van der Waals surface area contributed by atoms with Crippen LogP contribution in [-0.4, -0.2) is 49.9 Å². The third-order valence-electron chi connectivity index (χ3n) is 6.13. The first-order valence-corrected chi connectivity index (χ1v) is 9.44. The van der Waals surface area contributed by atoms with E-state index >= 15 is 0 Å². The van der Waals surface area contributed by atoms with E-state index < -0.39 is 0 Å². The zero-order valence-electron chi connectivity index (χ0n) is 15.7. The van der Waals surface area contributed by atoms with Crippen molar-refractivity contribution in [3.63, 3.8) is 0 Å². The molecule has 1 aliphatic heterocycles. The Morgan fingerprint density at radius 3 is 2.89 bits per heavy atom. The van der Waals surface area contributed by atoms with Gasteiger partial charge in [-0.2, -0.15) is 0 Å². The molecule has 1 amide bonds. The summed E-state index contributed by atoms with van der Waals surface area (Å²) in [4.78, 5) is 19.3. The summed E-state index contributed by atoms with van der Waals surface area (Å²) in [5.74, 6) is 0.924. The van der Waals surface area contributed by atoms with Crippen LogP contribution in [0.1, 0.15) is 29.0 Å². The van der Waals surface area contributed by atoms with Crippen molar-refractivity contribution in [3.05, 3.63) is 47.9 Å². The molecule has 0 radical (unpaired) electrons. The number of benzene rings is 1. The number of nitrogens with zero attached hydrogens (tertiary/aromatic N) is 5. The number of pyridine rings is 1. The number of halogens is 1. The van der Waals surface area contributed by atoms with E-state index in [-0.39, 0.29) is 24.4 Å². The summed E-state index contributed by atoms with van der Waals surface area (Å²) in [5, 5.41) is 9.48. The first kappa shape index (κ1) is 18.8. The van der Waals surface area contributed by atoms with Crippen molar-refractivity contribution in [2.75, 3.05) is 13.1 Å².